The summed E-state index contributed by atoms with van der Waals surface area (Å²) in [5.41, 5.74) is 2.49. The fraction of sp³-hybridized carbons (Fsp3) is 0.441. The number of hydrogen-bond acceptors (Lipinski definition) is 11. The van der Waals surface area contributed by atoms with E-state index >= 15 is 0 Å². The third-order valence-corrected chi connectivity index (χ3v) is 9.64. The van der Waals surface area contributed by atoms with Crippen LogP contribution in [-0.2, 0) is 9.63 Å². The van der Waals surface area contributed by atoms with Crippen LogP contribution < -0.4 is 25.3 Å². The average Bonchev–Trinajstić information content (AvgIpc) is 3.78. The predicted octanol–water partition coefficient (Wildman–Crippen LogP) is 4.33. The summed E-state index contributed by atoms with van der Waals surface area (Å²) in [6, 6.07) is 9.12. The van der Waals surface area contributed by atoms with Crippen molar-refractivity contribution < 1.29 is 23.1 Å². The first-order valence-corrected chi connectivity index (χ1v) is 16.5. The molecule has 3 aromatic rings. The second-order valence-electron chi connectivity index (χ2n) is 12.5. The molecule has 2 N–H and O–H groups in total. The number of amides is 1. The first-order valence-electron chi connectivity index (χ1n) is 16.5. The molecule has 5 heterocycles. The highest BCUT2D eigenvalue weighted by molar-refractivity contribution is 6.02. The number of hydrogen-bond donors (Lipinski definition) is 2. The number of nitrogens with one attached hydrogen (secondary N) is 2. The molecule has 12 nitrogen and oxygen atoms in total. The Balaban J connectivity index is 1.10. The molecule has 7 rings (SSSR count). The van der Waals surface area contributed by atoms with Crippen molar-refractivity contribution in [2.75, 3.05) is 86.7 Å². The van der Waals surface area contributed by atoms with Gasteiger partial charge >= 0.3 is 0 Å². The molecule has 1 amide bonds. The summed E-state index contributed by atoms with van der Waals surface area (Å²) in [5.74, 6) is -0.213. The largest absolute Gasteiger partial charge is 0.494 e. The Morgan fingerprint density at radius 2 is 1.75 bits per heavy atom. The summed E-state index contributed by atoms with van der Waals surface area (Å²) in [4.78, 5) is 32.1. The summed E-state index contributed by atoms with van der Waals surface area (Å²) in [6.45, 7) is 11.9. The number of halogens is 2. The monoisotopic (exact) mass is 661 g/mol. The van der Waals surface area contributed by atoms with Crippen molar-refractivity contribution in [3.8, 4) is 5.75 Å². The van der Waals surface area contributed by atoms with Gasteiger partial charge in [-0.3, -0.25) is 14.5 Å². The van der Waals surface area contributed by atoms with Crippen LogP contribution in [0.1, 0.15) is 30.9 Å². The molecule has 14 heteroatoms. The van der Waals surface area contributed by atoms with E-state index in [2.05, 4.69) is 47.0 Å². The lowest BCUT2D eigenvalue weighted by molar-refractivity contribution is -0.111. The molecule has 0 radical (unpaired) electrons. The minimum atomic E-state index is -0.652. The van der Waals surface area contributed by atoms with E-state index in [1.54, 1.807) is 18.2 Å². The number of rotatable bonds is 9. The molecular weight excluding hydrogens is 620 g/mol. The van der Waals surface area contributed by atoms with Crippen LogP contribution in [0.15, 0.2) is 55.4 Å². The zero-order chi connectivity index (χ0) is 33.2. The molecule has 1 unspecified atom stereocenters. The topological polar surface area (TPSA) is 102 Å². The van der Waals surface area contributed by atoms with Crippen LogP contribution in [-0.4, -0.2) is 103 Å². The van der Waals surface area contributed by atoms with E-state index in [1.807, 2.05) is 12.1 Å². The second kappa shape index (κ2) is 14.0. The maximum Gasteiger partial charge on any atom is 0.247 e. The summed E-state index contributed by atoms with van der Waals surface area (Å²) >= 11 is 0. The Hall–Kier alpha value is -4.37. The smallest absolute Gasteiger partial charge is 0.247 e. The van der Waals surface area contributed by atoms with Gasteiger partial charge < -0.3 is 20.3 Å². The summed E-state index contributed by atoms with van der Waals surface area (Å²) in [6.07, 6.45) is 5.73. The van der Waals surface area contributed by atoms with Gasteiger partial charge in [0, 0.05) is 76.5 Å². The van der Waals surface area contributed by atoms with Crippen LogP contribution in [0.2, 0.25) is 0 Å². The van der Waals surface area contributed by atoms with Crippen molar-refractivity contribution in [2.45, 2.75) is 31.3 Å². The lowest BCUT2D eigenvalue weighted by Gasteiger charge is -2.46. The standard InChI is InChI=1S/C34H41F2N9O3/c1-3-34(46)40-27-18-28(39-32-20-33(38-22-37-32)45-29(6-14-48-45)23-15-24(35)17-25(36)16-23)31(47-2)19-30(27)42-9-11-43(12-10-42)44-13-8-41-7-4-5-26(41)21-44/h3,15-20,22,26,29H,1,4-14,21H2,2H3,(H,40,46)(H,37,38,39)/t26?,29-/m1/s1. The van der Waals surface area contributed by atoms with E-state index in [1.165, 1.54) is 43.9 Å². The van der Waals surface area contributed by atoms with Crippen LogP contribution >= 0.6 is 0 Å². The molecule has 4 fully saturated rings. The summed E-state index contributed by atoms with van der Waals surface area (Å²) < 4.78 is 33.9. The van der Waals surface area contributed by atoms with Gasteiger partial charge in [0.25, 0.3) is 0 Å². The number of carbonyl (C=O) groups excluding carboxylic acids is 1. The highest BCUT2D eigenvalue weighted by Crippen LogP contribution is 2.40. The number of hydroxylamine groups is 1. The summed E-state index contributed by atoms with van der Waals surface area (Å²) in [7, 11) is 1.60. The van der Waals surface area contributed by atoms with Gasteiger partial charge in [-0.1, -0.05) is 6.58 Å². The van der Waals surface area contributed by atoms with E-state index in [9.17, 15) is 13.6 Å². The highest BCUT2D eigenvalue weighted by Gasteiger charge is 2.34. The third kappa shape index (κ3) is 6.79. The molecule has 4 saturated heterocycles. The third-order valence-electron chi connectivity index (χ3n) is 9.64. The van der Waals surface area contributed by atoms with Crippen molar-refractivity contribution in [1.82, 2.24) is 24.9 Å². The Morgan fingerprint density at radius 1 is 0.958 bits per heavy atom. The second-order valence-corrected chi connectivity index (χ2v) is 12.5. The number of carbonyl (C=O) groups is 1. The van der Waals surface area contributed by atoms with Crippen molar-refractivity contribution in [1.29, 1.82) is 0 Å². The molecule has 0 saturated carbocycles. The van der Waals surface area contributed by atoms with Gasteiger partial charge in [0.15, 0.2) is 5.82 Å². The number of ether oxygens (including phenoxy) is 1. The molecule has 0 bridgehead atoms. The fourth-order valence-corrected chi connectivity index (χ4v) is 7.27. The molecule has 0 spiro atoms. The molecule has 1 aromatic heterocycles. The van der Waals surface area contributed by atoms with Crippen molar-refractivity contribution in [3.05, 3.63) is 72.6 Å². The fourth-order valence-electron chi connectivity index (χ4n) is 7.27. The van der Waals surface area contributed by atoms with Crippen LogP contribution in [0, 0.1) is 11.6 Å². The minimum Gasteiger partial charge on any atom is -0.494 e. The van der Waals surface area contributed by atoms with Gasteiger partial charge in [-0.2, -0.15) is 0 Å². The van der Waals surface area contributed by atoms with Gasteiger partial charge in [0.05, 0.1) is 36.8 Å². The molecular formula is C34H41F2N9O3. The van der Waals surface area contributed by atoms with Gasteiger partial charge in [0.1, 0.15) is 29.5 Å². The first kappa shape index (κ1) is 32.2. The Bertz CT molecular complexity index is 1630. The molecule has 2 atom stereocenters. The Kier molecular flexibility index (Phi) is 9.39. The van der Waals surface area contributed by atoms with E-state index in [-0.39, 0.29) is 5.91 Å². The van der Waals surface area contributed by atoms with Crippen LogP contribution in [0.3, 0.4) is 0 Å². The lowest BCUT2D eigenvalue weighted by atomic mass is 10.0. The maximum atomic E-state index is 14.0. The normalized spacial score (nSPS) is 22.1. The molecule has 254 valence electrons. The van der Waals surface area contributed by atoms with Crippen LogP contribution in [0.4, 0.5) is 37.5 Å². The van der Waals surface area contributed by atoms with Gasteiger partial charge in [-0.15, -0.1) is 0 Å². The maximum absolute atomic E-state index is 14.0. The summed E-state index contributed by atoms with van der Waals surface area (Å²) in [5, 5.41) is 12.8. The first-order chi connectivity index (χ1) is 23.4. The Labute approximate surface area is 278 Å². The van der Waals surface area contributed by atoms with E-state index in [0.29, 0.717) is 53.4 Å². The number of benzene rings is 2. The number of nitrogens with zero attached hydrogens (tertiary/aromatic N) is 7. The zero-order valence-corrected chi connectivity index (χ0v) is 27.1. The molecule has 4 aliphatic heterocycles. The molecule has 2 aromatic carbocycles. The number of anilines is 5. The number of aromatic nitrogens is 2. The minimum absolute atomic E-state index is 0.323. The number of fused-ring (bicyclic) bond motifs is 1. The van der Waals surface area contributed by atoms with Crippen molar-refractivity contribution >= 4 is 34.6 Å². The van der Waals surface area contributed by atoms with Crippen molar-refractivity contribution in [2.24, 2.45) is 0 Å². The van der Waals surface area contributed by atoms with Crippen LogP contribution in [0.25, 0.3) is 0 Å². The molecule has 48 heavy (non-hydrogen) atoms. The van der Waals surface area contributed by atoms with Gasteiger partial charge in [0.2, 0.25) is 5.91 Å². The lowest BCUT2D eigenvalue weighted by Crippen LogP contribution is -2.60. The predicted molar refractivity (Wildman–Crippen MR) is 179 cm³/mol. The van der Waals surface area contributed by atoms with Gasteiger partial charge in [-0.05, 0) is 49.2 Å². The SMILES string of the molecule is C=CC(=O)Nc1cc(Nc2cc(N3OCC[C@@H]3c3cc(F)cc(F)c3)ncn2)c(OC)cc1N1CCN(N2CCN3CCCC3C2)CC1. The zero-order valence-electron chi connectivity index (χ0n) is 27.1. The number of methoxy groups -OCH3 is 1. The quantitative estimate of drug-likeness (QED) is 0.321. The van der Waals surface area contributed by atoms with Crippen molar-refractivity contribution in [3.63, 3.8) is 0 Å². The number of hydrazine groups is 1. The van der Waals surface area contributed by atoms with Gasteiger partial charge in [-0.25, -0.2) is 33.8 Å². The Morgan fingerprint density at radius 3 is 2.52 bits per heavy atom. The average molecular weight is 662 g/mol. The molecule has 4 aliphatic rings. The van der Waals surface area contributed by atoms with E-state index < -0.39 is 17.7 Å². The molecule has 0 aliphatic carbocycles. The highest BCUT2D eigenvalue weighted by atomic mass is 19.1. The number of piperazine rings is 2. The van der Waals surface area contributed by atoms with Crippen LogP contribution in [0.5, 0.6) is 5.75 Å². The van der Waals surface area contributed by atoms with E-state index in [4.69, 9.17) is 9.57 Å². The van der Waals surface area contributed by atoms with E-state index in [0.717, 1.165) is 57.6 Å².